The summed E-state index contributed by atoms with van der Waals surface area (Å²) in [6.07, 6.45) is -3.70. The van der Waals surface area contributed by atoms with Gasteiger partial charge in [-0.25, -0.2) is 9.78 Å². The molecule has 1 aliphatic heterocycles. The number of halogens is 4. The van der Waals surface area contributed by atoms with Crippen LogP contribution in [0, 0.1) is 0 Å². The zero-order chi connectivity index (χ0) is 20.6. The lowest BCUT2D eigenvalue weighted by Crippen LogP contribution is -2.48. The fourth-order valence-electron chi connectivity index (χ4n) is 3.00. The molecule has 1 fully saturated rings. The Kier molecular flexibility index (Phi) is 5.36. The van der Waals surface area contributed by atoms with Crippen LogP contribution in [0.3, 0.4) is 0 Å². The molecule has 0 aliphatic carbocycles. The Hall–Kier alpha value is -2.37. The zero-order valence-corrected chi connectivity index (χ0v) is 16.5. The van der Waals surface area contributed by atoms with Gasteiger partial charge in [0.15, 0.2) is 0 Å². The molecule has 4 heterocycles. The minimum absolute atomic E-state index is 0.0402. The summed E-state index contributed by atoms with van der Waals surface area (Å²) < 4.78 is 44.7. The number of hydrogen-bond acceptors (Lipinski definition) is 7. The molecule has 0 spiro atoms. The van der Waals surface area contributed by atoms with Gasteiger partial charge in [0.1, 0.15) is 12.5 Å². The highest BCUT2D eigenvalue weighted by atomic mass is 35.5. The fourth-order valence-corrected chi connectivity index (χ4v) is 3.93. The molecule has 7 nitrogen and oxygen atoms in total. The first kappa shape index (κ1) is 19.9. The SMILES string of the molecule is O=c1oc(-c2cccs2)nn1CN1CCN(c2ncc(C(F)(F)F)cc2Cl)CC1. The summed E-state index contributed by atoms with van der Waals surface area (Å²) in [5, 5.41) is 6.05. The summed E-state index contributed by atoms with van der Waals surface area (Å²) in [6, 6.07) is 4.55. The average Bonchev–Trinajstić information content (AvgIpc) is 3.32. The molecule has 154 valence electrons. The average molecular weight is 446 g/mol. The number of aromatic nitrogens is 3. The van der Waals surface area contributed by atoms with Crippen LogP contribution in [0.1, 0.15) is 5.56 Å². The summed E-state index contributed by atoms with van der Waals surface area (Å²) in [4.78, 5) is 20.5. The van der Waals surface area contributed by atoms with Crippen LogP contribution in [0.2, 0.25) is 5.02 Å². The van der Waals surface area contributed by atoms with Gasteiger partial charge in [0, 0.05) is 32.4 Å². The van der Waals surface area contributed by atoms with Gasteiger partial charge >= 0.3 is 11.9 Å². The van der Waals surface area contributed by atoms with Crippen molar-refractivity contribution in [1.29, 1.82) is 0 Å². The second kappa shape index (κ2) is 7.81. The van der Waals surface area contributed by atoms with Gasteiger partial charge in [-0.3, -0.25) is 4.90 Å². The zero-order valence-electron chi connectivity index (χ0n) is 14.9. The maximum atomic E-state index is 12.8. The standard InChI is InChI=1S/C17H15ClF3N5O2S/c18-12-8-11(17(19,20)21)9-22-14(12)25-5-3-24(4-6-25)10-26-16(27)28-15(23-26)13-2-1-7-29-13/h1-2,7-9H,3-6,10H2. The van der Waals surface area contributed by atoms with E-state index < -0.39 is 17.5 Å². The number of hydrogen-bond donors (Lipinski definition) is 0. The molecule has 0 saturated carbocycles. The number of anilines is 1. The maximum absolute atomic E-state index is 12.8. The van der Waals surface area contributed by atoms with E-state index in [9.17, 15) is 18.0 Å². The van der Waals surface area contributed by atoms with Gasteiger partial charge in [-0.2, -0.15) is 17.9 Å². The Bertz CT molecular complexity index is 1040. The highest BCUT2D eigenvalue weighted by Gasteiger charge is 2.32. The highest BCUT2D eigenvalue weighted by molar-refractivity contribution is 7.13. The van der Waals surface area contributed by atoms with Crippen LogP contribution >= 0.6 is 22.9 Å². The lowest BCUT2D eigenvalue weighted by molar-refractivity contribution is -0.137. The van der Waals surface area contributed by atoms with Crippen molar-refractivity contribution in [2.24, 2.45) is 0 Å². The van der Waals surface area contributed by atoms with Crippen LogP contribution in [0.4, 0.5) is 19.0 Å². The van der Waals surface area contributed by atoms with E-state index >= 15 is 0 Å². The Morgan fingerprint density at radius 3 is 2.62 bits per heavy atom. The molecule has 1 saturated heterocycles. The minimum atomic E-state index is -4.49. The number of pyridine rings is 1. The monoisotopic (exact) mass is 445 g/mol. The molecule has 4 rings (SSSR count). The Morgan fingerprint density at radius 2 is 2.00 bits per heavy atom. The first-order valence-corrected chi connectivity index (χ1v) is 9.89. The number of nitrogens with zero attached hydrogens (tertiary/aromatic N) is 5. The van der Waals surface area contributed by atoms with Crippen LogP contribution in [-0.4, -0.2) is 45.8 Å². The van der Waals surface area contributed by atoms with Crippen molar-refractivity contribution in [3.05, 3.63) is 50.9 Å². The third-order valence-electron chi connectivity index (χ3n) is 4.49. The predicted octanol–water partition coefficient (Wildman–Crippen LogP) is 3.41. The quantitative estimate of drug-likeness (QED) is 0.613. The smallest absolute Gasteiger partial charge is 0.387 e. The molecular weight excluding hydrogens is 431 g/mol. The Morgan fingerprint density at radius 1 is 1.24 bits per heavy atom. The van der Waals surface area contributed by atoms with Crippen LogP contribution in [0.15, 0.2) is 39.0 Å². The molecule has 0 N–H and O–H groups in total. The third kappa shape index (κ3) is 4.31. The van der Waals surface area contributed by atoms with E-state index in [-0.39, 0.29) is 17.6 Å². The molecule has 0 aromatic carbocycles. The van der Waals surface area contributed by atoms with E-state index in [4.69, 9.17) is 16.0 Å². The topological polar surface area (TPSA) is 67.4 Å². The molecule has 29 heavy (non-hydrogen) atoms. The van der Waals surface area contributed by atoms with Gasteiger partial charge in [0.2, 0.25) is 0 Å². The largest absolute Gasteiger partial charge is 0.438 e. The number of thiophene rings is 1. The minimum Gasteiger partial charge on any atom is -0.387 e. The first-order valence-electron chi connectivity index (χ1n) is 8.63. The van der Waals surface area contributed by atoms with E-state index in [2.05, 4.69) is 10.1 Å². The highest BCUT2D eigenvalue weighted by Crippen LogP contribution is 2.33. The predicted molar refractivity (Wildman–Crippen MR) is 102 cm³/mol. The fraction of sp³-hybridized carbons (Fsp3) is 0.353. The van der Waals surface area contributed by atoms with E-state index in [1.165, 1.54) is 16.0 Å². The van der Waals surface area contributed by atoms with Crippen molar-refractivity contribution in [3.8, 4) is 10.8 Å². The van der Waals surface area contributed by atoms with E-state index in [0.717, 1.165) is 17.1 Å². The third-order valence-corrected chi connectivity index (χ3v) is 5.63. The van der Waals surface area contributed by atoms with Crippen molar-refractivity contribution < 1.29 is 17.6 Å². The number of piperazine rings is 1. The van der Waals surface area contributed by atoms with Gasteiger partial charge in [-0.1, -0.05) is 17.7 Å². The lowest BCUT2D eigenvalue weighted by Gasteiger charge is -2.35. The van der Waals surface area contributed by atoms with Crippen molar-refractivity contribution in [2.45, 2.75) is 12.8 Å². The molecule has 0 unspecified atom stereocenters. The molecule has 0 radical (unpaired) electrons. The van der Waals surface area contributed by atoms with E-state index in [1.807, 2.05) is 27.3 Å². The molecule has 0 bridgehead atoms. The van der Waals surface area contributed by atoms with Crippen molar-refractivity contribution in [1.82, 2.24) is 19.7 Å². The summed E-state index contributed by atoms with van der Waals surface area (Å²) in [6.45, 7) is 2.39. The molecule has 0 atom stereocenters. The van der Waals surface area contributed by atoms with Crippen LogP contribution in [0.5, 0.6) is 0 Å². The van der Waals surface area contributed by atoms with E-state index in [0.29, 0.717) is 32.0 Å². The Balaban J connectivity index is 1.40. The summed E-state index contributed by atoms with van der Waals surface area (Å²) >= 11 is 7.45. The van der Waals surface area contributed by atoms with Crippen LogP contribution in [0.25, 0.3) is 10.8 Å². The van der Waals surface area contributed by atoms with Crippen LogP contribution < -0.4 is 10.7 Å². The molecule has 3 aromatic heterocycles. The van der Waals surface area contributed by atoms with Crippen molar-refractivity contribution in [3.63, 3.8) is 0 Å². The van der Waals surface area contributed by atoms with Gasteiger partial charge < -0.3 is 9.32 Å². The second-order valence-electron chi connectivity index (χ2n) is 6.42. The molecule has 12 heteroatoms. The summed E-state index contributed by atoms with van der Waals surface area (Å²) in [5.41, 5.74) is -0.878. The van der Waals surface area contributed by atoms with Crippen molar-refractivity contribution >= 4 is 28.8 Å². The van der Waals surface area contributed by atoms with Crippen LogP contribution in [-0.2, 0) is 12.8 Å². The van der Waals surface area contributed by atoms with Gasteiger partial charge in [0.05, 0.1) is 15.5 Å². The molecule has 3 aromatic rings. The normalized spacial score (nSPS) is 15.8. The second-order valence-corrected chi connectivity index (χ2v) is 7.78. The number of alkyl halides is 3. The first-order chi connectivity index (χ1) is 13.8. The van der Waals surface area contributed by atoms with Crippen molar-refractivity contribution in [2.75, 3.05) is 31.1 Å². The summed E-state index contributed by atoms with van der Waals surface area (Å²) in [7, 11) is 0. The van der Waals surface area contributed by atoms with Gasteiger partial charge in [-0.05, 0) is 17.5 Å². The summed E-state index contributed by atoms with van der Waals surface area (Å²) in [5.74, 6) is 0.0607. The Labute approximate surface area is 171 Å². The molecular formula is C17H15ClF3N5O2S. The maximum Gasteiger partial charge on any atom is 0.438 e. The number of rotatable bonds is 4. The van der Waals surface area contributed by atoms with E-state index in [1.54, 1.807) is 0 Å². The molecule has 0 amide bonds. The lowest BCUT2D eigenvalue weighted by atomic mass is 10.2. The van der Waals surface area contributed by atoms with Gasteiger partial charge in [-0.15, -0.1) is 16.4 Å². The van der Waals surface area contributed by atoms with Gasteiger partial charge in [0.25, 0.3) is 5.89 Å². The molecule has 1 aliphatic rings.